The van der Waals surface area contributed by atoms with E-state index in [0.717, 1.165) is 11.6 Å². The minimum absolute atomic E-state index is 0.0182. The predicted molar refractivity (Wildman–Crippen MR) is 105 cm³/mol. The molecule has 0 amide bonds. The highest BCUT2D eigenvalue weighted by molar-refractivity contribution is 5.94. The lowest BCUT2D eigenvalue weighted by molar-refractivity contribution is 0.629. The molecule has 2 heterocycles. The van der Waals surface area contributed by atoms with E-state index in [1.165, 1.54) is 16.7 Å². The molecule has 0 saturated heterocycles. The minimum atomic E-state index is -0.517. The molecule has 1 aliphatic rings. The van der Waals surface area contributed by atoms with E-state index in [0.29, 0.717) is 22.4 Å². The second kappa shape index (κ2) is 5.64. The molecule has 0 atom stereocenters. The van der Waals surface area contributed by atoms with E-state index in [2.05, 4.69) is 4.98 Å². The van der Waals surface area contributed by atoms with Crippen molar-refractivity contribution in [2.24, 2.45) is 0 Å². The van der Waals surface area contributed by atoms with Gasteiger partial charge in [0.05, 0.1) is 11.2 Å². The topological polar surface area (TPSA) is 54.9 Å². The zero-order valence-corrected chi connectivity index (χ0v) is 14.1. The summed E-state index contributed by atoms with van der Waals surface area (Å²) in [5.41, 5.74) is 2.29. The van der Waals surface area contributed by atoms with Gasteiger partial charge in [0, 0.05) is 16.6 Å². The normalized spacial score (nSPS) is 13.0. The van der Waals surface area contributed by atoms with E-state index in [-0.39, 0.29) is 10.8 Å². The number of hydrogen-bond acceptors (Lipinski definition) is 2. The van der Waals surface area contributed by atoms with Crippen molar-refractivity contribution in [3.8, 4) is 5.69 Å². The van der Waals surface area contributed by atoms with Gasteiger partial charge in [-0.05, 0) is 42.0 Å². The summed E-state index contributed by atoms with van der Waals surface area (Å²) >= 11 is 0. The quantitative estimate of drug-likeness (QED) is 0.554. The third-order valence-electron chi connectivity index (χ3n) is 4.79. The molecule has 2 aromatic carbocycles. The lowest BCUT2D eigenvalue weighted by Crippen LogP contribution is -2.26. The Hall–Kier alpha value is -3.73. The average Bonchev–Trinajstić information content (AvgIpc) is 2.62. The Morgan fingerprint density at radius 3 is 2.41 bits per heavy atom. The molecule has 0 saturated carbocycles. The number of fused-ring (bicyclic) bond motifs is 2. The number of benzene rings is 2. The minimum Gasteiger partial charge on any atom is -0.354 e. The molecule has 4 aromatic rings. The Morgan fingerprint density at radius 2 is 1.70 bits per heavy atom. The lowest BCUT2D eigenvalue weighted by Gasteiger charge is -2.17. The van der Waals surface area contributed by atoms with Crippen molar-refractivity contribution >= 4 is 27.4 Å². The molecule has 5 rings (SSSR count). The molecular weight excluding hydrogens is 343 g/mol. The van der Waals surface area contributed by atoms with E-state index in [1.807, 2.05) is 48.6 Å². The number of H-pyrrole nitrogens is 1. The molecule has 0 unspecified atom stereocenters. The Labute approximate surface area is 152 Å². The first-order valence-corrected chi connectivity index (χ1v) is 8.49. The molecule has 0 fully saturated rings. The monoisotopic (exact) mass is 356 g/mol. The molecule has 27 heavy (non-hydrogen) atoms. The highest BCUT2D eigenvalue weighted by atomic mass is 19.1. The van der Waals surface area contributed by atoms with Gasteiger partial charge in [-0.3, -0.25) is 14.2 Å². The van der Waals surface area contributed by atoms with E-state index >= 15 is 0 Å². The van der Waals surface area contributed by atoms with Crippen LogP contribution in [0.3, 0.4) is 0 Å². The van der Waals surface area contributed by atoms with E-state index in [9.17, 15) is 14.0 Å². The third kappa shape index (κ3) is 2.29. The highest BCUT2D eigenvalue weighted by Crippen LogP contribution is 2.26. The maximum absolute atomic E-state index is 13.6. The first-order chi connectivity index (χ1) is 13.1. The van der Waals surface area contributed by atoms with Crippen LogP contribution >= 0.6 is 0 Å². The van der Waals surface area contributed by atoms with Crippen LogP contribution in [-0.4, -0.2) is 9.55 Å². The van der Waals surface area contributed by atoms with Crippen molar-refractivity contribution in [2.75, 3.05) is 0 Å². The predicted octanol–water partition coefficient (Wildman–Crippen LogP) is 3.92. The van der Waals surface area contributed by atoms with E-state index < -0.39 is 16.8 Å². The summed E-state index contributed by atoms with van der Waals surface area (Å²) < 4.78 is 15.2. The summed E-state index contributed by atoms with van der Waals surface area (Å²) in [6, 6.07) is 14.9. The number of pyridine rings is 2. The number of para-hydroxylation sites is 1. The second-order valence-electron chi connectivity index (χ2n) is 6.42. The summed E-state index contributed by atoms with van der Waals surface area (Å²) in [4.78, 5) is 29.4. The van der Waals surface area contributed by atoms with Crippen molar-refractivity contribution < 1.29 is 4.39 Å². The number of nitrogens with zero attached hydrogens (tertiary/aromatic N) is 1. The maximum atomic E-state index is 13.6. The fourth-order valence-corrected chi connectivity index (χ4v) is 3.43. The van der Waals surface area contributed by atoms with Crippen molar-refractivity contribution in [3.63, 3.8) is 0 Å². The molecule has 0 radical (unpaired) electrons. The number of allylic oxidation sites excluding steroid dienone is 4. The summed E-state index contributed by atoms with van der Waals surface area (Å²) in [6.45, 7) is 0. The molecule has 5 heteroatoms. The smallest absolute Gasteiger partial charge is 0.268 e. The molecule has 2 aromatic heterocycles. The first-order valence-electron chi connectivity index (χ1n) is 8.49. The molecule has 1 aliphatic carbocycles. The number of aromatic nitrogens is 2. The zero-order valence-electron chi connectivity index (χ0n) is 14.1. The molecule has 0 spiro atoms. The van der Waals surface area contributed by atoms with Crippen LogP contribution in [0, 0.1) is 5.82 Å². The number of rotatable bonds is 2. The van der Waals surface area contributed by atoms with Gasteiger partial charge in [0.25, 0.3) is 5.56 Å². The van der Waals surface area contributed by atoms with Gasteiger partial charge in [-0.2, -0.15) is 0 Å². The summed E-state index contributed by atoms with van der Waals surface area (Å²) in [6.07, 6.45) is 5.72. The largest absolute Gasteiger partial charge is 0.354 e. The van der Waals surface area contributed by atoms with Gasteiger partial charge in [-0.25, -0.2) is 4.39 Å². The van der Waals surface area contributed by atoms with Gasteiger partial charge in [0.15, 0.2) is 0 Å². The number of aromatic amines is 1. The maximum Gasteiger partial charge on any atom is 0.268 e. The Kier molecular flexibility index (Phi) is 3.24. The zero-order chi connectivity index (χ0) is 18.5. The molecule has 4 nitrogen and oxygen atoms in total. The number of halogens is 1. The van der Waals surface area contributed by atoms with Crippen molar-refractivity contribution in [1.82, 2.24) is 9.55 Å². The van der Waals surface area contributed by atoms with Crippen LogP contribution in [0.2, 0.25) is 0 Å². The Balaban J connectivity index is 1.97. The van der Waals surface area contributed by atoms with Crippen molar-refractivity contribution in [2.45, 2.75) is 0 Å². The lowest BCUT2D eigenvalue weighted by atomic mass is 10.0. The van der Waals surface area contributed by atoms with Gasteiger partial charge < -0.3 is 4.98 Å². The Morgan fingerprint density at radius 1 is 0.926 bits per heavy atom. The van der Waals surface area contributed by atoms with Gasteiger partial charge in [-0.1, -0.05) is 36.4 Å². The van der Waals surface area contributed by atoms with Crippen molar-refractivity contribution in [1.29, 1.82) is 0 Å². The van der Waals surface area contributed by atoms with Crippen molar-refractivity contribution in [3.05, 3.63) is 105 Å². The van der Waals surface area contributed by atoms with Gasteiger partial charge in [-0.15, -0.1) is 0 Å². The third-order valence-corrected chi connectivity index (χ3v) is 4.79. The number of hydrogen-bond donors (Lipinski definition) is 1. The molecular formula is C22H13FN2O2. The molecule has 0 aliphatic heterocycles. The van der Waals surface area contributed by atoms with Crippen LogP contribution in [0.4, 0.5) is 4.39 Å². The van der Waals surface area contributed by atoms with Crippen LogP contribution in [0.15, 0.2) is 82.4 Å². The van der Waals surface area contributed by atoms with E-state index in [1.54, 1.807) is 6.07 Å². The van der Waals surface area contributed by atoms with Crippen LogP contribution in [0.5, 0.6) is 0 Å². The van der Waals surface area contributed by atoms with Crippen LogP contribution in [0.1, 0.15) is 5.69 Å². The van der Waals surface area contributed by atoms with Gasteiger partial charge in [0.1, 0.15) is 11.2 Å². The summed E-state index contributed by atoms with van der Waals surface area (Å²) in [5, 5.41) is 0.180. The Bertz CT molecular complexity index is 1410. The molecule has 130 valence electrons. The fraction of sp³-hybridized carbons (Fsp3) is 0. The first kappa shape index (κ1) is 15.5. The van der Waals surface area contributed by atoms with Crippen LogP contribution < -0.4 is 11.0 Å². The van der Waals surface area contributed by atoms with Crippen LogP contribution in [-0.2, 0) is 0 Å². The SMILES string of the molecule is O=c1c2cc(F)ccc2[nH]c2cc(C3=CC=C3)n(-c3ccccc3)c(=O)c12. The molecule has 1 N–H and O–H groups in total. The van der Waals surface area contributed by atoms with Gasteiger partial charge >= 0.3 is 0 Å². The highest BCUT2D eigenvalue weighted by Gasteiger charge is 2.18. The second-order valence-corrected chi connectivity index (χ2v) is 6.42. The van der Waals surface area contributed by atoms with Gasteiger partial charge in [0.2, 0.25) is 5.43 Å². The summed E-state index contributed by atoms with van der Waals surface area (Å²) in [5.74, 6) is -0.517. The standard InChI is InChI=1S/C22H13FN2O2/c23-14-9-10-17-16(11-14)21(26)20-18(24-17)12-19(13-5-4-6-13)25(22(20)27)15-7-2-1-3-8-15/h1-12H,(H,24,26). The summed E-state index contributed by atoms with van der Waals surface area (Å²) in [7, 11) is 0. The van der Waals surface area contributed by atoms with Crippen LogP contribution in [0.25, 0.3) is 33.1 Å². The average molecular weight is 356 g/mol. The fourth-order valence-electron chi connectivity index (χ4n) is 3.43. The number of nitrogens with one attached hydrogen (secondary N) is 1. The molecule has 0 bridgehead atoms. The van der Waals surface area contributed by atoms with E-state index in [4.69, 9.17) is 0 Å².